The minimum absolute atomic E-state index is 0.392. The molecular formula is C64H52N2O2. The maximum atomic E-state index is 7.11. The highest BCUT2D eigenvalue weighted by Crippen LogP contribution is 2.64. The van der Waals surface area contributed by atoms with Crippen LogP contribution < -0.4 is 9.80 Å². The lowest BCUT2D eigenvalue weighted by Gasteiger charge is -2.32. The fourth-order valence-electron chi connectivity index (χ4n) is 12.3. The molecule has 0 saturated carbocycles. The molecule has 0 bridgehead atoms. The zero-order valence-corrected chi connectivity index (χ0v) is 39.9. The second-order valence-corrected chi connectivity index (χ2v) is 20.3. The molecule has 0 saturated heterocycles. The van der Waals surface area contributed by atoms with Gasteiger partial charge in [-0.2, -0.15) is 0 Å². The molecule has 0 amide bonds. The van der Waals surface area contributed by atoms with Crippen LogP contribution in [-0.2, 0) is 10.8 Å². The molecule has 0 radical (unpaired) electrons. The van der Waals surface area contributed by atoms with Gasteiger partial charge in [-0.3, -0.25) is 0 Å². The van der Waals surface area contributed by atoms with Crippen molar-refractivity contribution in [1.29, 1.82) is 0 Å². The van der Waals surface area contributed by atoms with Crippen LogP contribution in [0.1, 0.15) is 72.2 Å². The molecule has 2 aromatic heterocycles. The summed E-state index contributed by atoms with van der Waals surface area (Å²) >= 11 is 0. The number of hydrogen-bond donors (Lipinski definition) is 0. The predicted molar refractivity (Wildman–Crippen MR) is 284 cm³/mol. The van der Waals surface area contributed by atoms with Gasteiger partial charge in [0.05, 0.1) is 11.4 Å². The van der Waals surface area contributed by atoms with Crippen molar-refractivity contribution in [2.75, 3.05) is 9.80 Å². The Labute approximate surface area is 397 Å². The van der Waals surface area contributed by atoms with E-state index in [0.717, 1.165) is 78.0 Å². The van der Waals surface area contributed by atoms with Crippen molar-refractivity contribution in [2.24, 2.45) is 0 Å². The summed E-state index contributed by atoms with van der Waals surface area (Å²) < 4.78 is 14.2. The Morgan fingerprint density at radius 1 is 0.382 bits per heavy atom. The van der Waals surface area contributed by atoms with E-state index >= 15 is 0 Å². The van der Waals surface area contributed by atoms with Gasteiger partial charge in [-0.1, -0.05) is 148 Å². The molecule has 2 aliphatic carbocycles. The van der Waals surface area contributed by atoms with Gasteiger partial charge in [0.2, 0.25) is 0 Å². The van der Waals surface area contributed by atoms with Crippen molar-refractivity contribution in [1.82, 2.24) is 0 Å². The zero-order chi connectivity index (χ0) is 46.4. The van der Waals surface area contributed by atoms with Crippen LogP contribution in [0.4, 0.5) is 34.1 Å². The van der Waals surface area contributed by atoms with Crippen LogP contribution in [0, 0.1) is 27.7 Å². The van der Waals surface area contributed by atoms with E-state index in [1.807, 2.05) is 0 Å². The van der Waals surface area contributed by atoms with Gasteiger partial charge in [-0.15, -0.1) is 0 Å². The van der Waals surface area contributed by atoms with E-state index in [0.29, 0.717) is 0 Å². The highest BCUT2D eigenvalue weighted by molar-refractivity contribution is 6.22. The lowest BCUT2D eigenvalue weighted by molar-refractivity contribution is 0.601. The number of furan rings is 2. The fraction of sp³-hybridized carbons (Fsp3) is 0.156. The Bertz CT molecular complexity index is 3650. The highest BCUT2D eigenvalue weighted by atomic mass is 16.3. The second-order valence-electron chi connectivity index (χ2n) is 20.3. The Hall–Kier alpha value is -7.82. The average Bonchev–Trinajstić information content (AvgIpc) is 4.04. The number of rotatable bonds is 6. The normalized spacial score (nSPS) is 14.1. The minimum Gasteiger partial charge on any atom is -0.454 e. The van der Waals surface area contributed by atoms with Crippen LogP contribution >= 0.6 is 0 Å². The molecule has 0 atom stereocenters. The molecule has 0 unspecified atom stereocenters. The van der Waals surface area contributed by atoms with E-state index in [1.165, 1.54) is 66.8 Å². The second kappa shape index (κ2) is 14.3. The molecule has 0 N–H and O–H groups in total. The van der Waals surface area contributed by atoms with Gasteiger partial charge in [0.25, 0.3) is 0 Å². The summed E-state index contributed by atoms with van der Waals surface area (Å²) in [4.78, 5) is 4.83. The highest BCUT2D eigenvalue weighted by Gasteiger charge is 2.48. The van der Waals surface area contributed by atoms with Crippen molar-refractivity contribution < 1.29 is 8.83 Å². The third-order valence-electron chi connectivity index (χ3n) is 15.3. The van der Waals surface area contributed by atoms with E-state index in [1.54, 1.807) is 0 Å². The van der Waals surface area contributed by atoms with Crippen molar-refractivity contribution in [3.8, 4) is 22.3 Å². The lowest BCUT2D eigenvalue weighted by Crippen LogP contribution is -2.24. The van der Waals surface area contributed by atoms with Crippen molar-refractivity contribution >= 4 is 78.0 Å². The summed E-state index contributed by atoms with van der Waals surface area (Å²) in [6.45, 7) is 18.6. The number of nitrogens with zero attached hydrogens (tertiary/aromatic N) is 2. The maximum absolute atomic E-state index is 7.11. The van der Waals surface area contributed by atoms with Gasteiger partial charge in [0, 0.05) is 55.1 Å². The van der Waals surface area contributed by atoms with Crippen LogP contribution in [0.3, 0.4) is 0 Å². The van der Waals surface area contributed by atoms with E-state index in [4.69, 9.17) is 8.83 Å². The third-order valence-corrected chi connectivity index (χ3v) is 15.3. The molecule has 330 valence electrons. The van der Waals surface area contributed by atoms with Gasteiger partial charge in [-0.25, -0.2) is 0 Å². The summed E-state index contributed by atoms with van der Waals surface area (Å²) in [6.07, 6.45) is 0. The number of hydrogen-bond acceptors (Lipinski definition) is 4. The van der Waals surface area contributed by atoms with Crippen LogP contribution in [0.5, 0.6) is 0 Å². The Balaban J connectivity index is 1.11. The molecule has 0 fully saturated rings. The Morgan fingerprint density at radius 2 is 0.765 bits per heavy atom. The first-order valence-electron chi connectivity index (χ1n) is 23.9. The number of fused-ring (bicyclic) bond motifs is 15. The van der Waals surface area contributed by atoms with Crippen molar-refractivity contribution in [3.05, 3.63) is 214 Å². The summed E-state index contributed by atoms with van der Waals surface area (Å²) in [5.41, 5.74) is 24.6. The van der Waals surface area contributed by atoms with Crippen LogP contribution in [0.15, 0.2) is 179 Å². The average molecular weight is 881 g/mol. The first kappa shape index (κ1) is 40.5. The van der Waals surface area contributed by atoms with Gasteiger partial charge in [-0.05, 0) is 144 Å². The summed E-state index contributed by atoms with van der Waals surface area (Å²) in [6, 6.07) is 62.0. The first-order valence-corrected chi connectivity index (χ1v) is 23.9. The standard InChI is InChI=1S/C64H52N2O2/c1-37-27-31-49(39(3)33-37)65(41-19-11-9-12-20-41)51-35-47-55(57-43-23-15-17-25-53(43)67-61(51)57)45-29-30-46-56-48(64(7,8)60(46)59(45)63(47,5)6)36-52(62-58(56)44-24-16-18-26-54(44)68-62)66(42-21-13-10-14-22-42)50-32-28-38(2)34-40(50)4/h9-36H,1-8H3. The molecule has 11 aromatic rings. The van der Waals surface area contributed by atoms with Crippen LogP contribution in [-0.4, -0.2) is 0 Å². The predicted octanol–water partition coefficient (Wildman–Crippen LogP) is 18.3. The number of benzene rings is 9. The van der Waals surface area contributed by atoms with Crippen molar-refractivity contribution in [3.63, 3.8) is 0 Å². The number of anilines is 6. The summed E-state index contributed by atoms with van der Waals surface area (Å²) in [5.74, 6) is 0. The maximum Gasteiger partial charge on any atom is 0.160 e. The quantitative estimate of drug-likeness (QED) is 0.167. The molecule has 4 heteroatoms. The topological polar surface area (TPSA) is 32.8 Å². The molecular weight excluding hydrogens is 829 g/mol. The van der Waals surface area contributed by atoms with Crippen LogP contribution in [0.2, 0.25) is 0 Å². The Kier molecular flexibility index (Phi) is 8.53. The molecule has 2 heterocycles. The molecule has 0 spiro atoms. The van der Waals surface area contributed by atoms with E-state index in [9.17, 15) is 0 Å². The monoisotopic (exact) mass is 880 g/mol. The first-order chi connectivity index (χ1) is 32.9. The third kappa shape index (κ3) is 5.55. The molecule has 9 aromatic carbocycles. The molecule has 2 aliphatic rings. The molecule has 4 nitrogen and oxygen atoms in total. The van der Waals surface area contributed by atoms with E-state index in [2.05, 4.69) is 235 Å². The zero-order valence-electron chi connectivity index (χ0n) is 39.9. The van der Waals surface area contributed by atoms with Crippen LogP contribution in [0.25, 0.3) is 66.1 Å². The summed E-state index contributed by atoms with van der Waals surface area (Å²) in [5, 5.41) is 4.59. The fourth-order valence-corrected chi connectivity index (χ4v) is 12.3. The van der Waals surface area contributed by atoms with Gasteiger partial charge in [0.1, 0.15) is 11.2 Å². The van der Waals surface area contributed by atoms with E-state index < -0.39 is 10.8 Å². The molecule has 68 heavy (non-hydrogen) atoms. The number of aryl methyl sites for hydroxylation is 4. The minimum atomic E-state index is -0.392. The summed E-state index contributed by atoms with van der Waals surface area (Å²) in [7, 11) is 0. The molecule has 13 rings (SSSR count). The van der Waals surface area contributed by atoms with Gasteiger partial charge >= 0.3 is 0 Å². The van der Waals surface area contributed by atoms with Gasteiger partial charge in [0.15, 0.2) is 11.2 Å². The van der Waals surface area contributed by atoms with Gasteiger partial charge < -0.3 is 18.6 Å². The largest absolute Gasteiger partial charge is 0.454 e. The number of para-hydroxylation sites is 4. The van der Waals surface area contributed by atoms with Crippen molar-refractivity contribution in [2.45, 2.75) is 66.2 Å². The lowest BCUT2D eigenvalue weighted by atomic mass is 9.72. The Morgan fingerprint density at radius 3 is 1.16 bits per heavy atom. The SMILES string of the molecule is Cc1ccc(N(c2ccccc2)c2cc3c(c4c2oc2ccccc24)-c2ccc4c(c2C3(C)C)C(C)(C)c2cc(N(c3ccccc3)c3ccc(C)cc3C)c3oc5ccccc5c3c2-4)c(C)c1. The molecule has 0 aliphatic heterocycles. The van der Waals surface area contributed by atoms with E-state index in [-0.39, 0.29) is 0 Å². The smallest absolute Gasteiger partial charge is 0.160 e.